The summed E-state index contributed by atoms with van der Waals surface area (Å²) in [4.78, 5) is 34.5. The summed E-state index contributed by atoms with van der Waals surface area (Å²) in [5.41, 5.74) is 2.11. The zero-order chi connectivity index (χ0) is 16.4. The van der Waals surface area contributed by atoms with Crippen molar-refractivity contribution in [3.05, 3.63) is 59.7 Å². The predicted octanol–water partition coefficient (Wildman–Crippen LogP) is 1.49. The fraction of sp³-hybridized carbons (Fsp3) is 0.294. The largest absolute Gasteiger partial charge is 0.346 e. The Labute approximate surface area is 134 Å². The van der Waals surface area contributed by atoms with Crippen molar-refractivity contribution in [1.29, 1.82) is 0 Å². The average molecular weight is 310 g/mol. The maximum Gasteiger partial charge on any atom is 0.253 e. The van der Waals surface area contributed by atoms with Crippen molar-refractivity contribution in [2.24, 2.45) is 0 Å². The number of aromatic nitrogens is 2. The van der Waals surface area contributed by atoms with Crippen molar-refractivity contribution >= 4 is 11.8 Å². The van der Waals surface area contributed by atoms with Crippen LogP contribution in [0.2, 0.25) is 0 Å². The highest BCUT2D eigenvalue weighted by molar-refractivity contribution is 5.96. The summed E-state index contributed by atoms with van der Waals surface area (Å²) in [5.74, 6) is -0.204. The van der Waals surface area contributed by atoms with Gasteiger partial charge in [0, 0.05) is 37.8 Å². The Morgan fingerprint density at radius 1 is 1.30 bits per heavy atom. The molecule has 2 aromatic heterocycles. The fourth-order valence-electron chi connectivity index (χ4n) is 2.98. The Morgan fingerprint density at radius 2 is 2.09 bits per heavy atom. The number of nitrogens with zero attached hydrogens (tertiary/aromatic N) is 3. The van der Waals surface area contributed by atoms with Crippen molar-refractivity contribution < 1.29 is 9.59 Å². The number of carbonyl (C=O) groups excluding carboxylic acids is 2. The summed E-state index contributed by atoms with van der Waals surface area (Å²) in [7, 11) is 1.75. The lowest BCUT2D eigenvalue weighted by Crippen LogP contribution is -2.39. The number of likely N-dealkylation sites (tertiary alicyclic amines) is 1. The number of rotatable bonds is 3. The molecule has 118 valence electrons. The lowest BCUT2D eigenvalue weighted by atomic mass is 10.0. The third-order valence-corrected chi connectivity index (χ3v) is 4.18. The van der Waals surface area contributed by atoms with Crippen LogP contribution < -0.4 is 5.32 Å². The standard InChI is InChI=1S/C17H18N4O2/c1-11-13(6-4-8-19-11)17(23)20-14-9-15(22)21(2)16(14)12-5-3-7-18-10-12/h3-8,10,14,16H,9H2,1-2H3,(H,20,23)/t14-,16+/m1/s1. The van der Waals surface area contributed by atoms with Gasteiger partial charge in [-0.3, -0.25) is 19.6 Å². The Kier molecular flexibility index (Phi) is 4.06. The van der Waals surface area contributed by atoms with E-state index in [2.05, 4.69) is 15.3 Å². The second-order valence-corrected chi connectivity index (χ2v) is 5.66. The number of carbonyl (C=O) groups is 2. The van der Waals surface area contributed by atoms with Gasteiger partial charge in [-0.25, -0.2) is 0 Å². The number of likely N-dealkylation sites (N-methyl/N-ethyl adjacent to an activating group) is 1. The number of pyridine rings is 2. The van der Waals surface area contributed by atoms with E-state index in [0.717, 1.165) is 5.56 Å². The van der Waals surface area contributed by atoms with Crippen LogP contribution in [0.4, 0.5) is 0 Å². The van der Waals surface area contributed by atoms with Crippen molar-refractivity contribution in [3.8, 4) is 0 Å². The molecule has 6 nitrogen and oxygen atoms in total. The topological polar surface area (TPSA) is 75.2 Å². The van der Waals surface area contributed by atoms with E-state index in [-0.39, 0.29) is 30.3 Å². The number of aryl methyl sites for hydroxylation is 1. The van der Waals surface area contributed by atoms with E-state index in [1.165, 1.54) is 0 Å². The first-order valence-electron chi connectivity index (χ1n) is 7.46. The average Bonchev–Trinajstić information content (AvgIpc) is 2.83. The molecular weight excluding hydrogens is 292 g/mol. The molecule has 6 heteroatoms. The predicted molar refractivity (Wildman–Crippen MR) is 84.6 cm³/mol. The number of hydrogen-bond acceptors (Lipinski definition) is 4. The molecule has 2 amide bonds. The Balaban J connectivity index is 1.85. The molecule has 0 unspecified atom stereocenters. The monoisotopic (exact) mass is 310 g/mol. The molecule has 0 saturated carbocycles. The quantitative estimate of drug-likeness (QED) is 0.932. The van der Waals surface area contributed by atoms with E-state index in [0.29, 0.717) is 11.3 Å². The van der Waals surface area contributed by atoms with Crippen molar-refractivity contribution in [2.45, 2.75) is 25.4 Å². The van der Waals surface area contributed by atoms with E-state index < -0.39 is 0 Å². The van der Waals surface area contributed by atoms with E-state index in [1.54, 1.807) is 49.6 Å². The zero-order valence-electron chi connectivity index (χ0n) is 13.1. The molecule has 2 aromatic rings. The van der Waals surface area contributed by atoms with Crippen molar-refractivity contribution in [1.82, 2.24) is 20.2 Å². The molecule has 23 heavy (non-hydrogen) atoms. The molecule has 3 rings (SSSR count). The summed E-state index contributed by atoms with van der Waals surface area (Å²) in [6.07, 6.45) is 5.35. The van der Waals surface area contributed by atoms with Crippen LogP contribution in [-0.2, 0) is 4.79 Å². The summed E-state index contributed by atoms with van der Waals surface area (Å²) < 4.78 is 0. The number of nitrogens with one attached hydrogen (secondary N) is 1. The smallest absolute Gasteiger partial charge is 0.253 e. The van der Waals surface area contributed by atoms with Gasteiger partial charge in [0.2, 0.25) is 5.91 Å². The second kappa shape index (κ2) is 6.16. The highest BCUT2D eigenvalue weighted by Crippen LogP contribution is 2.31. The molecule has 0 radical (unpaired) electrons. The second-order valence-electron chi connectivity index (χ2n) is 5.66. The fourth-order valence-corrected chi connectivity index (χ4v) is 2.98. The first-order chi connectivity index (χ1) is 11.1. The van der Waals surface area contributed by atoms with Gasteiger partial charge in [-0.2, -0.15) is 0 Å². The lowest BCUT2D eigenvalue weighted by Gasteiger charge is -2.25. The molecule has 0 bridgehead atoms. The molecule has 1 fully saturated rings. The molecule has 2 atom stereocenters. The summed E-state index contributed by atoms with van der Waals surface area (Å²) in [6.45, 7) is 1.79. The molecular formula is C17H18N4O2. The summed E-state index contributed by atoms with van der Waals surface area (Å²) in [6, 6.07) is 6.71. The molecule has 3 heterocycles. The maximum absolute atomic E-state index is 12.5. The minimum atomic E-state index is -0.288. The van der Waals surface area contributed by atoms with Crippen LogP contribution >= 0.6 is 0 Å². The highest BCUT2D eigenvalue weighted by atomic mass is 16.2. The Bertz CT molecular complexity index is 732. The van der Waals surface area contributed by atoms with Crippen LogP contribution in [0, 0.1) is 6.92 Å². The minimum Gasteiger partial charge on any atom is -0.346 e. The zero-order valence-corrected chi connectivity index (χ0v) is 13.1. The molecule has 0 aromatic carbocycles. The maximum atomic E-state index is 12.5. The van der Waals surface area contributed by atoms with Crippen molar-refractivity contribution in [2.75, 3.05) is 7.05 Å². The van der Waals surface area contributed by atoms with E-state index >= 15 is 0 Å². The van der Waals surface area contributed by atoms with Gasteiger partial charge in [-0.1, -0.05) is 6.07 Å². The number of hydrogen-bond donors (Lipinski definition) is 1. The molecule has 0 spiro atoms. The molecule has 1 aliphatic rings. The molecule has 1 saturated heterocycles. The summed E-state index contributed by atoms with van der Waals surface area (Å²) in [5, 5.41) is 2.98. The third kappa shape index (κ3) is 2.92. The van der Waals surface area contributed by atoms with Gasteiger partial charge in [0.25, 0.3) is 5.91 Å². The van der Waals surface area contributed by atoms with Crippen LogP contribution in [0.1, 0.15) is 34.1 Å². The normalized spacial score (nSPS) is 20.6. The first kappa shape index (κ1) is 15.1. The van der Waals surface area contributed by atoms with Gasteiger partial charge in [0.15, 0.2) is 0 Å². The van der Waals surface area contributed by atoms with Gasteiger partial charge in [-0.15, -0.1) is 0 Å². The van der Waals surface area contributed by atoms with Crippen LogP contribution in [-0.4, -0.2) is 39.8 Å². The van der Waals surface area contributed by atoms with E-state index in [9.17, 15) is 9.59 Å². The molecule has 1 aliphatic heterocycles. The van der Waals surface area contributed by atoms with Gasteiger partial charge in [0.05, 0.1) is 17.6 Å². The van der Waals surface area contributed by atoms with E-state index in [4.69, 9.17) is 0 Å². The Morgan fingerprint density at radius 3 is 2.78 bits per heavy atom. The van der Waals surface area contributed by atoms with Crippen LogP contribution in [0.15, 0.2) is 42.9 Å². The highest BCUT2D eigenvalue weighted by Gasteiger charge is 2.39. The summed E-state index contributed by atoms with van der Waals surface area (Å²) >= 11 is 0. The van der Waals surface area contributed by atoms with Crippen LogP contribution in [0.3, 0.4) is 0 Å². The van der Waals surface area contributed by atoms with Crippen LogP contribution in [0.5, 0.6) is 0 Å². The van der Waals surface area contributed by atoms with Gasteiger partial charge in [0.1, 0.15) is 0 Å². The Hall–Kier alpha value is -2.76. The molecule has 0 aliphatic carbocycles. The number of amides is 2. The minimum absolute atomic E-state index is 0.00654. The SMILES string of the molecule is Cc1ncccc1C(=O)N[C@@H]1CC(=O)N(C)[C@H]1c1cccnc1. The van der Waals surface area contributed by atoms with Gasteiger partial charge < -0.3 is 10.2 Å². The van der Waals surface area contributed by atoms with Crippen molar-refractivity contribution in [3.63, 3.8) is 0 Å². The molecule has 1 N–H and O–H groups in total. The van der Waals surface area contributed by atoms with Crippen LogP contribution in [0.25, 0.3) is 0 Å². The lowest BCUT2D eigenvalue weighted by molar-refractivity contribution is -0.127. The van der Waals surface area contributed by atoms with Gasteiger partial charge in [-0.05, 0) is 30.7 Å². The van der Waals surface area contributed by atoms with Gasteiger partial charge >= 0.3 is 0 Å². The van der Waals surface area contributed by atoms with E-state index in [1.807, 2.05) is 12.1 Å². The first-order valence-corrected chi connectivity index (χ1v) is 7.46. The third-order valence-electron chi connectivity index (χ3n) is 4.18.